The molecular formula is C21H27ClN6OSSi. The zero-order valence-electron chi connectivity index (χ0n) is 18.0. The highest BCUT2D eigenvalue weighted by Gasteiger charge is 2.34. The Bertz CT molecular complexity index is 1050. The molecule has 1 atom stereocenters. The number of hydrogen-bond donors (Lipinski definition) is 0. The van der Waals surface area contributed by atoms with Crippen LogP contribution in [0, 0.1) is 0 Å². The van der Waals surface area contributed by atoms with Gasteiger partial charge in [-0.15, -0.1) is 0 Å². The first-order valence-corrected chi connectivity index (χ1v) is 16.0. The van der Waals surface area contributed by atoms with Gasteiger partial charge in [-0.05, 0) is 24.1 Å². The Kier molecular flexibility index (Phi) is 5.60. The summed E-state index contributed by atoms with van der Waals surface area (Å²) in [5, 5.41) is 0.544. The molecule has 10 heteroatoms. The molecular weight excluding hydrogens is 448 g/mol. The fourth-order valence-corrected chi connectivity index (χ4v) is 7.85. The van der Waals surface area contributed by atoms with Crippen LogP contribution in [0.3, 0.4) is 0 Å². The van der Waals surface area contributed by atoms with Gasteiger partial charge in [-0.2, -0.15) is 4.98 Å². The van der Waals surface area contributed by atoms with Gasteiger partial charge in [0.1, 0.15) is 4.90 Å². The summed E-state index contributed by atoms with van der Waals surface area (Å²) in [5.41, 5.74) is 2.09. The van der Waals surface area contributed by atoms with Gasteiger partial charge in [-0.1, -0.05) is 30.8 Å². The van der Waals surface area contributed by atoms with Crippen molar-refractivity contribution in [1.82, 2.24) is 19.9 Å². The monoisotopic (exact) mass is 474 g/mol. The molecule has 0 spiro atoms. The average molecular weight is 475 g/mol. The number of aromatic nitrogens is 4. The Morgan fingerprint density at radius 3 is 2.45 bits per heavy atom. The van der Waals surface area contributed by atoms with Crippen LogP contribution < -0.4 is 9.80 Å². The Labute approximate surface area is 191 Å². The summed E-state index contributed by atoms with van der Waals surface area (Å²) >= 11 is 5.91. The molecule has 0 unspecified atom stereocenters. The van der Waals surface area contributed by atoms with E-state index in [2.05, 4.69) is 38.9 Å². The first kappa shape index (κ1) is 21.0. The van der Waals surface area contributed by atoms with Crippen molar-refractivity contribution in [2.45, 2.75) is 42.9 Å². The number of nitrogens with zero attached hydrogens (tertiary/aromatic N) is 6. The molecule has 0 aliphatic carbocycles. The van der Waals surface area contributed by atoms with Crippen LogP contribution in [0.2, 0.25) is 30.2 Å². The van der Waals surface area contributed by atoms with E-state index in [0.29, 0.717) is 17.3 Å². The molecule has 2 aromatic heterocycles. The molecule has 0 amide bonds. The summed E-state index contributed by atoms with van der Waals surface area (Å²) in [5.74, 6) is 3.06. The Morgan fingerprint density at radius 1 is 1.03 bits per heavy atom. The molecule has 0 saturated carbocycles. The molecule has 1 fully saturated rings. The minimum Gasteiger partial charge on any atom is -0.356 e. The molecule has 164 valence electrons. The standard InChI is InChI=1S/C21H27ClN6OSSi/c1-31(2)11-8-27(9-12-31)20-18-17(5-10-30(18)29)25-21(26-20)28-6-3-15(4-7-28)19-23-13-16(22)14-24-19/h3,13-14H,4-12H2,1-2H3/t30-/m1/s1. The molecule has 0 radical (unpaired) electrons. The van der Waals surface area contributed by atoms with Crippen LogP contribution >= 0.6 is 11.6 Å². The van der Waals surface area contributed by atoms with Gasteiger partial charge in [0.15, 0.2) is 11.6 Å². The van der Waals surface area contributed by atoms with Gasteiger partial charge in [0.25, 0.3) is 0 Å². The van der Waals surface area contributed by atoms with Crippen LogP contribution in [-0.2, 0) is 17.2 Å². The van der Waals surface area contributed by atoms with Crippen LogP contribution in [0.4, 0.5) is 11.8 Å². The number of hydrogen-bond acceptors (Lipinski definition) is 7. The molecule has 0 aromatic carbocycles. The van der Waals surface area contributed by atoms with E-state index in [4.69, 9.17) is 21.6 Å². The van der Waals surface area contributed by atoms with E-state index >= 15 is 0 Å². The van der Waals surface area contributed by atoms with Gasteiger partial charge in [0.2, 0.25) is 5.95 Å². The third kappa shape index (κ3) is 4.27. The SMILES string of the molecule is C[Si]1(C)CCN(c2nc(N3CC=C(c4ncc(Cl)cn4)CC3)nc3c2[S@](=O)CC3)CC1. The molecule has 5 rings (SSSR count). The molecule has 7 nitrogen and oxygen atoms in total. The lowest BCUT2D eigenvalue weighted by Gasteiger charge is -2.37. The van der Waals surface area contributed by atoms with E-state index in [1.165, 1.54) is 12.1 Å². The van der Waals surface area contributed by atoms with E-state index in [1.807, 2.05) is 0 Å². The summed E-state index contributed by atoms with van der Waals surface area (Å²) in [6.45, 7) is 8.46. The fraction of sp³-hybridized carbons (Fsp3) is 0.524. The maximum atomic E-state index is 12.7. The van der Waals surface area contributed by atoms with E-state index in [-0.39, 0.29) is 0 Å². The van der Waals surface area contributed by atoms with Crippen LogP contribution in [0.15, 0.2) is 23.4 Å². The van der Waals surface area contributed by atoms with E-state index in [1.54, 1.807) is 12.4 Å². The summed E-state index contributed by atoms with van der Waals surface area (Å²) in [7, 11) is -2.09. The van der Waals surface area contributed by atoms with E-state index in [0.717, 1.165) is 66.2 Å². The smallest absolute Gasteiger partial charge is 0.227 e. The topological polar surface area (TPSA) is 75.1 Å². The van der Waals surface area contributed by atoms with Crippen molar-refractivity contribution in [1.29, 1.82) is 0 Å². The van der Waals surface area contributed by atoms with Crippen molar-refractivity contribution >= 4 is 47.8 Å². The molecule has 0 N–H and O–H groups in total. The van der Waals surface area contributed by atoms with Gasteiger partial charge >= 0.3 is 0 Å². The van der Waals surface area contributed by atoms with Gasteiger partial charge in [0.05, 0.1) is 29.6 Å². The van der Waals surface area contributed by atoms with Gasteiger partial charge < -0.3 is 9.80 Å². The minimum atomic E-state index is -1.10. The van der Waals surface area contributed by atoms with Crippen LogP contribution in [0.1, 0.15) is 17.9 Å². The lowest BCUT2D eigenvalue weighted by molar-refractivity contribution is 0.683. The highest BCUT2D eigenvalue weighted by molar-refractivity contribution is 7.85. The largest absolute Gasteiger partial charge is 0.356 e. The maximum Gasteiger partial charge on any atom is 0.227 e. The predicted octanol–water partition coefficient (Wildman–Crippen LogP) is 3.41. The van der Waals surface area contributed by atoms with Crippen molar-refractivity contribution in [2.24, 2.45) is 0 Å². The summed E-state index contributed by atoms with van der Waals surface area (Å²) in [6, 6.07) is 2.51. The zero-order valence-corrected chi connectivity index (χ0v) is 20.5. The quantitative estimate of drug-likeness (QED) is 0.631. The third-order valence-corrected chi connectivity index (χ3v) is 11.3. The average Bonchev–Trinajstić information content (AvgIpc) is 3.15. The second kappa shape index (κ2) is 8.25. The van der Waals surface area contributed by atoms with Crippen LogP contribution in [0.5, 0.6) is 0 Å². The number of rotatable bonds is 3. The van der Waals surface area contributed by atoms with Crippen molar-refractivity contribution in [3.63, 3.8) is 0 Å². The third-order valence-electron chi connectivity index (χ3n) is 6.47. The summed E-state index contributed by atoms with van der Waals surface area (Å²) in [4.78, 5) is 24.0. The highest BCUT2D eigenvalue weighted by Crippen LogP contribution is 2.35. The lowest BCUT2D eigenvalue weighted by Crippen LogP contribution is -2.43. The van der Waals surface area contributed by atoms with Crippen molar-refractivity contribution in [3.8, 4) is 0 Å². The molecule has 2 aromatic rings. The molecule has 3 aliphatic heterocycles. The Hall–Kier alpha value is -1.84. The molecule has 1 saturated heterocycles. The van der Waals surface area contributed by atoms with Crippen LogP contribution in [0.25, 0.3) is 5.57 Å². The zero-order chi connectivity index (χ0) is 21.6. The number of halogens is 1. The molecule has 0 bridgehead atoms. The van der Waals surface area contributed by atoms with Crippen LogP contribution in [-0.4, -0.2) is 64.2 Å². The van der Waals surface area contributed by atoms with E-state index in [9.17, 15) is 4.21 Å². The van der Waals surface area contributed by atoms with Crippen molar-refractivity contribution in [2.75, 3.05) is 41.7 Å². The molecule has 31 heavy (non-hydrogen) atoms. The number of anilines is 2. The highest BCUT2D eigenvalue weighted by atomic mass is 35.5. The summed E-state index contributed by atoms with van der Waals surface area (Å²) < 4.78 is 12.7. The van der Waals surface area contributed by atoms with Gasteiger partial charge in [-0.3, -0.25) is 4.21 Å². The maximum absolute atomic E-state index is 12.7. The number of fused-ring (bicyclic) bond motifs is 1. The molecule has 5 heterocycles. The predicted molar refractivity (Wildman–Crippen MR) is 128 cm³/mol. The number of aryl methyl sites for hydroxylation is 1. The summed E-state index contributed by atoms with van der Waals surface area (Å²) in [6.07, 6.45) is 7.01. The van der Waals surface area contributed by atoms with E-state index < -0.39 is 18.9 Å². The Balaban J connectivity index is 1.42. The Morgan fingerprint density at radius 2 is 1.77 bits per heavy atom. The first-order valence-electron chi connectivity index (χ1n) is 10.9. The van der Waals surface area contributed by atoms with Crippen molar-refractivity contribution < 1.29 is 4.21 Å². The normalized spacial score (nSPS) is 22.9. The second-order valence-corrected chi connectivity index (χ2v) is 16.5. The second-order valence-electron chi connectivity index (χ2n) is 9.22. The van der Waals surface area contributed by atoms with Gasteiger partial charge in [-0.25, -0.2) is 15.0 Å². The first-order chi connectivity index (χ1) is 14.9. The minimum absolute atomic E-state index is 0.544. The lowest BCUT2D eigenvalue weighted by atomic mass is 10.1. The van der Waals surface area contributed by atoms with Gasteiger partial charge in [0, 0.05) is 50.7 Å². The van der Waals surface area contributed by atoms with Crippen molar-refractivity contribution in [3.05, 3.63) is 35.0 Å². The molecule has 3 aliphatic rings. The fourth-order valence-electron chi connectivity index (χ4n) is 4.38.